The molecule has 0 unspecified atom stereocenters. The van der Waals surface area contributed by atoms with E-state index < -0.39 is 17.8 Å². The summed E-state index contributed by atoms with van der Waals surface area (Å²) in [5, 5.41) is 10.5. The van der Waals surface area contributed by atoms with Crippen LogP contribution >= 0.6 is 0 Å². The third kappa shape index (κ3) is 5.54. The van der Waals surface area contributed by atoms with Gasteiger partial charge in [0.05, 0.1) is 12.2 Å². The molecule has 3 heterocycles. The van der Waals surface area contributed by atoms with E-state index in [2.05, 4.69) is 22.1 Å². The zero-order chi connectivity index (χ0) is 27.5. The van der Waals surface area contributed by atoms with E-state index in [1.54, 1.807) is 11.5 Å². The minimum atomic E-state index is -5.08. The number of carboxylic acid groups (broad SMARTS) is 1. The van der Waals surface area contributed by atoms with Crippen LogP contribution in [0.3, 0.4) is 0 Å². The number of imidazole rings is 1. The zero-order valence-electron chi connectivity index (χ0n) is 20.8. The minimum absolute atomic E-state index is 0.340. The predicted molar refractivity (Wildman–Crippen MR) is 132 cm³/mol. The number of carboxylic acids is 1. The number of hydrogen-bond donors (Lipinski definition) is 2. The van der Waals surface area contributed by atoms with Gasteiger partial charge in [0.2, 0.25) is 5.95 Å². The molecule has 13 heteroatoms. The van der Waals surface area contributed by atoms with Crippen molar-refractivity contribution < 1.29 is 23.1 Å². The molecule has 2 aromatic heterocycles. The van der Waals surface area contributed by atoms with Crippen LogP contribution in [0.25, 0.3) is 16.9 Å². The highest BCUT2D eigenvalue weighted by Crippen LogP contribution is 2.24. The van der Waals surface area contributed by atoms with Crippen molar-refractivity contribution in [1.29, 1.82) is 0 Å². The molecule has 0 atom stereocenters. The van der Waals surface area contributed by atoms with Crippen molar-refractivity contribution in [2.45, 2.75) is 33.5 Å². The van der Waals surface area contributed by atoms with E-state index in [9.17, 15) is 22.8 Å². The Bertz CT molecular complexity index is 1500. The fourth-order valence-electron chi connectivity index (χ4n) is 3.89. The first kappa shape index (κ1) is 27.5. The van der Waals surface area contributed by atoms with Crippen LogP contribution in [0.4, 0.5) is 19.1 Å². The number of nitrogens with one attached hydrogen (secondary N) is 1. The topological polar surface area (TPSA) is 114 Å². The Balaban J connectivity index is 0.000000479. The molecule has 0 spiro atoms. The van der Waals surface area contributed by atoms with Crippen LogP contribution in [0, 0.1) is 25.7 Å². The Morgan fingerprint density at radius 2 is 1.81 bits per heavy atom. The van der Waals surface area contributed by atoms with Crippen LogP contribution in [0.15, 0.2) is 27.8 Å². The van der Waals surface area contributed by atoms with Crippen LogP contribution in [0.1, 0.15) is 18.1 Å². The van der Waals surface area contributed by atoms with Gasteiger partial charge in [0.25, 0.3) is 5.56 Å². The molecule has 0 amide bonds. The van der Waals surface area contributed by atoms with E-state index >= 15 is 0 Å². The second kappa shape index (κ2) is 10.9. The molecule has 0 aliphatic carbocycles. The van der Waals surface area contributed by atoms with Crippen molar-refractivity contribution in [2.24, 2.45) is 7.05 Å². The Morgan fingerprint density at radius 3 is 2.38 bits per heavy atom. The molecule has 1 fully saturated rings. The molecule has 37 heavy (non-hydrogen) atoms. The second-order valence-electron chi connectivity index (χ2n) is 8.34. The molecule has 10 nitrogen and oxygen atoms in total. The van der Waals surface area contributed by atoms with Crippen molar-refractivity contribution in [3.8, 4) is 17.5 Å². The van der Waals surface area contributed by atoms with Crippen molar-refractivity contribution in [3.05, 3.63) is 50.2 Å². The number of piperazine rings is 1. The molecule has 0 saturated carbocycles. The number of benzene rings is 1. The summed E-state index contributed by atoms with van der Waals surface area (Å²) in [5.74, 6) is 3.88. The summed E-state index contributed by atoms with van der Waals surface area (Å²) in [6.07, 6.45) is -5.08. The lowest BCUT2D eigenvalue weighted by atomic mass is 10.1. The lowest BCUT2D eigenvalue weighted by Crippen LogP contribution is -2.44. The van der Waals surface area contributed by atoms with Gasteiger partial charge in [0, 0.05) is 33.2 Å². The van der Waals surface area contributed by atoms with Crippen molar-refractivity contribution in [3.63, 3.8) is 0 Å². The van der Waals surface area contributed by atoms with Crippen LogP contribution in [-0.4, -0.2) is 62.1 Å². The molecule has 1 saturated heterocycles. The molecule has 3 aromatic rings. The average Bonchev–Trinajstić information content (AvgIpc) is 3.23. The number of fused-ring (bicyclic) bond motifs is 1. The standard InChI is InChI=1S/C22H26N6O2.C2HF3O2/c1-5-6-12-27-18-19(24-21(27)26-13-10-23-11-14-26)28(22(30)25(4)20(18)29)17-9-7-8-15(2)16(17)3;3-2(4,5)1(6)7/h7-9,23H,10-14H2,1-4H3;(H,6,7). The molecule has 0 radical (unpaired) electrons. The smallest absolute Gasteiger partial charge is 0.475 e. The van der Waals surface area contributed by atoms with Gasteiger partial charge >= 0.3 is 17.8 Å². The van der Waals surface area contributed by atoms with Crippen LogP contribution in [-0.2, 0) is 18.4 Å². The lowest BCUT2D eigenvalue weighted by Gasteiger charge is -2.28. The molecule has 198 valence electrons. The van der Waals surface area contributed by atoms with E-state index in [-0.39, 0.29) is 5.56 Å². The SMILES string of the molecule is CC#CCn1c(N2CCNCC2)nc2c1c(=O)n(C)c(=O)n2-c1cccc(C)c1C.O=C(O)C(F)(F)F. The number of aliphatic carboxylic acids is 1. The van der Waals surface area contributed by atoms with Gasteiger partial charge in [-0.2, -0.15) is 18.2 Å². The summed E-state index contributed by atoms with van der Waals surface area (Å²) in [7, 11) is 1.51. The second-order valence-corrected chi connectivity index (χ2v) is 8.34. The molecule has 0 bridgehead atoms. The van der Waals surface area contributed by atoms with Gasteiger partial charge in [-0.3, -0.25) is 13.9 Å². The number of halogens is 3. The maximum absolute atomic E-state index is 13.2. The molecular formula is C24H27F3N6O4. The van der Waals surface area contributed by atoms with Crippen LogP contribution < -0.4 is 21.5 Å². The Kier molecular flexibility index (Phi) is 8.12. The number of alkyl halides is 3. The third-order valence-electron chi connectivity index (χ3n) is 6.00. The summed E-state index contributed by atoms with van der Waals surface area (Å²) in [5.41, 5.74) is 2.80. The highest BCUT2D eigenvalue weighted by Gasteiger charge is 2.38. The monoisotopic (exact) mass is 520 g/mol. The lowest BCUT2D eigenvalue weighted by molar-refractivity contribution is -0.192. The highest BCUT2D eigenvalue weighted by atomic mass is 19.4. The molecule has 1 aliphatic rings. The van der Waals surface area contributed by atoms with E-state index in [1.165, 1.54) is 7.05 Å². The largest absolute Gasteiger partial charge is 0.490 e. The van der Waals surface area contributed by atoms with E-state index in [1.807, 2.05) is 36.6 Å². The average molecular weight is 521 g/mol. The quantitative estimate of drug-likeness (QED) is 0.504. The van der Waals surface area contributed by atoms with Crippen molar-refractivity contribution in [2.75, 3.05) is 31.1 Å². The fraction of sp³-hybridized carbons (Fsp3) is 0.417. The highest BCUT2D eigenvalue weighted by molar-refractivity contribution is 5.77. The Hall–Kier alpha value is -4.05. The van der Waals surface area contributed by atoms with Gasteiger partial charge < -0.3 is 15.3 Å². The summed E-state index contributed by atoms with van der Waals surface area (Å²) >= 11 is 0. The number of rotatable bonds is 3. The first-order chi connectivity index (χ1) is 17.4. The fourth-order valence-corrected chi connectivity index (χ4v) is 3.89. The zero-order valence-corrected chi connectivity index (χ0v) is 20.8. The van der Waals surface area contributed by atoms with E-state index in [0.29, 0.717) is 23.7 Å². The van der Waals surface area contributed by atoms with E-state index in [4.69, 9.17) is 14.9 Å². The maximum Gasteiger partial charge on any atom is 0.490 e. The van der Waals surface area contributed by atoms with Crippen LogP contribution in [0.2, 0.25) is 0 Å². The van der Waals surface area contributed by atoms with Gasteiger partial charge in [0.1, 0.15) is 0 Å². The predicted octanol–water partition coefficient (Wildman–Crippen LogP) is 1.57. The molecular weight excluding hydrogens is 493 g/mol. The van der Waals surface area contributed by atoms with Crippen LogP contribution in [0.5, 0.6) is 0 Å². The van der Waals surface area contributed by atoms with Gasteiger partial charge in [-0.05, 0) is 38.0 Å². The normalized spacial score (nSPS) is 13.5. The number of hydrogen-bond acceptors (Lipinski definition) is 6. The maximum atomic E-state index is 13.2. The minimum Gasteiger partial charge on any atom is -0.475 e. The Morgan fingerprint density at radius 1 is 1.19 bits per heavy atom. The van der Waals surface area contributed by atoms with Gasteiger partial charge in [-0.15, -0.1) is 5.92 Å². The molecule has 1 aromatic carbocycles. The van der Waals surface area contributed by atoms with Gasteiger partial charge in [0.15, 0.2) is 11.2 Å². The summed E-state index contributed by atoms with van der Waals surface area (Å²) < 4.78 is 36.3. The third-order valence-corrected chi connectivity index (χ3v) is 6.00. The molecule has 1 aliphatic heterocycles. The summed E-state index contributed by atoms with van der Waals surface area (Å²) in [4.78, 5) is 42.3. The molecule has 2 N–H and O–H groups in total. The number of aryl methyl sites for hydroxylation is 1. The van der Waals surface area contributed by atoms with Gasteiger partial charge in [-0.25, -0.2) is 14.2 Å². The summed E-state index contributed by atoms with van der Waals surface area (Å²) in [6.45, 7) is 9.32. The number of carbonyl (C=O) groups is 1. The first-order valence-corrected chi connectivity index (χ1v) is 11.3. The van der Waals surface area contributed by atoms with Crippen molar-refractivity contribution in [1.82, 2.24) is 24.0 Å². The first-order valence-electron chi connectivity index (χ1n) is 11.3. The number of aromatic nitrogens is 4. The van der Waals surface area contributed by atoms with Crippen molar-refractivity contribution >= 4 is 23.1 Å². The summed E-state index contributed by atoms with van der Waals surface area (Å²) in [6, 6.07) is 5.81. The van der Waals surface area contributed by atoms with E-state index in [0.717, 1.165) is 47.6 Å². The molecule has 4 rings (SSSR count). The van der Waals surface area contributed by atoms with Gasteiger partial charge in [-0.1, -0.05) is 18.1 Å². The number of anilines is 1. The number of nitrogens with zero attached hydrogens (tertiary/aromatic N) is 5. The Labute approximate surface area is 209 Å².